The summed E-state index contributed by atoms with van der Waals surface area (Å²) in [6, 6.07) is 11.2. The number of nitrogens with zero attached hydrogens (tertiary/aromatic N) is 3. The molecule has 1 aromatic carbocycles. The van der Waals surface area contributed by atoms with Gasteiger partial charge in [0.1, 0.15) is 5.60 Å². The van der Waals surface area contributed by atoms with Crippen LogP contribution in [-0.2, 0) is 5.60 Å². The molecule has 166 valence electrons. The number of hydrogen-bond acceptors (Lipinski definition) is 4. The van der Waals surface area contributed by atoms with Crippen molar-refractivity contribution < 1.29 is 9.90 Å². The van der Waals surface area contributed by atoms with E-state index in [1.54, 1.807) is 38.5 Å². The molecule has 1 N–H and O–H groups in total. The lowest BCUT2D eigenvalue weighted by molar-refractivity contribution is 0.0696. The van der Waals surface area contributed by atoms with Crippen LogP contribution < -0.4 is 0 Å². The smallest absolute Gasteiger partial charge is 0.253 e. The second kappa shape index (κ2) is 9.00. The molecular formula is C26H28ClN3O2. The van der Waals surface area contributed by atoms with E-state index in [2.05, 4.69) is 16.9 Å². The van der Waals surface area contributed by atoms with Gasteiger partial charge in [-0.15, -0.1) is 0 Å². The lowest BCUT2D eigenvalue weighted by atomic mass is 9.97. The first-order chi connectivity index (χ1) is 15.2. The Morgan fingerprint density at radius 2 is 1.78 bits per heavy atom. The fraction of sp³-hybridized carbons (Fsp3) is 0.346. The molecule has 1 saturated heterocycles. The van der Waals surface area contributed by atoms with Crippen molar-refractivity contribution in [2.45, 2.75) is 39.2 Å². The van der Waals surface area contributed by atoms with Crippen molar-refractivity contribution in [1.82, 2.24) is 14.9 Å². The van der Waals surface area contributed by atoms with E-state index in [-0.39, 0.29) is 5.91 Å². The lowest BCUT2D eigenvalue weighted by Crippen LogP contribution is -2.37. The third-order valence-electron chi connectivity index (χ3n) is 6.06. The number of benzene rings is 1. The van der Waals surface area contributed by atoms with E-state index in [4.69, 9.17) is 11.6 Å². The molecule has 3 aromatic rings. The number of carbonyl (C=O) groups excluding carboxylic acids is 1. The SMILES string of the molecule is CC1CCN(C(=O)c2ccc(-c3cncc(-c4ccnc(C(C)(C)O)c4)c3)c(Cl)c2)CC1. The molecule has 6 heteroatoms. The molecule has 0 unspecified atom stereocenters. The van der Waals surface area contributed by atoms with E-state index >= 15 is 0 Å². The number of aliphatic hydroxyl groups is 1. The monoisotopic (exact) mass is 449 g/mol. The molecule has 0 aliphatic carbocycles. The minimum atomic E-state index is -1.03. The highest BCUT2D eigenvalue weighted by atomic mass is 35.5. The zero-order chi connectivity index (χ0) is 22.9. The number of amides is 1. The number of piperidine rings is 1. The number of carbonyl (C=O) groups is 1. The minimum Gasteiger partial charge on any atom is -0.384 e. The Morgan fingerprint density at radius 1 is 1.06 bits per heavy atom. The quantitative estimate of drug-likeness (QED) is 0.566. The van der Waals surface area contributed by atoms with Crippen LogP contribution in [0.2, 0.25) is 5.02 Å². The van der Waals surface area contributed by atoms with Crippen molar-refractivity contribution in [2.75, 3.05) is 13.1 Å². The van der Waals surface area contributed by atoms with Crippen LogP contribution in [0.3, 0.4) is 0 Å². The summed E-state index contributed by atoms with van der Waals surface area (Å²) in [5, 5.41) is 10.8. The van der Waals surface area contributed by atoms with Crippen LogP contribution in [-0.4, -0.2) is 39.0 Å². The zero-order valence-electron chi connectivity index (χ0n) is 18.7. The molecule has 1 aliphatic heterocycles. The predicted molar refractivity (Wildman–Crippen MR) is 127 cm³/mol. The molecule has 2 aromatic heterocycles. The molecule has 1 aliphatic rings. The van der Waals surface area contributed by atoms with Gasteiger partial charge in [-0.25, -0.2) is 0 Å². The Hall–Kier alpha value is -2.76. The van der Waals surface area contributed by atoms with Gasteiger partial charge >= 0.3 is 0 Å². The molecule has 5 nitrogen and oxygen atoms in total. The molecular weight excluding hydrogens is 422 g/mol. The highest BCUT2D eigenvalue weighted by molar-refractivity contribution is 6.33. The van der Waals surface area contributed by atoms with Gasteiger partial charge < -0.3 is 10.0 Å². The highest BCUT2D eigenvalue weighted by Gasteiger charge is 2.22. The second-order valence-corrected chi connectivity index (χ2v) is 9.53. The average Bonchev–Trinajstić information content (AvgIpc) is 2.78. The van der Waals surface area contributed by atoms with Crippen molar-refractivity contribution in [3.8, 4) is 22.3 Å². The average molecular weight is 450 g/mol. The molecule has 1 amide bonds. The Morgan fingerprint density at radius 3 is 2.47 bits per heavy atom. The first-order valence-electron chi connectivity index (χ1n) is 11.0. The number of likely N-dealkylation sites (tertiary alicyclic amines) is 1. The summed E-state index contributed by atoms with van der Waals surface area (Å²) in [4.78, 5) is 23.5. The Bertz CT molecular complexity index is 1130. The Labute approximate surface area is 194 Å². The predicted octanol–water partition coefficient (Wildman–Crippen LogP) is 5.56. The molecule has 0 spiro atoms. The molecule has 0 atom stereocenters. The summed E-state index contributed by atoms with van der Waals surface area (Å²) < 4.78 is 0. The van der Waals surface area contributed by atoms with Gasteiger partial charge in [0, 0.05) is 59.0 Å². The first-order valence-corrected chi connectivity index (χ1v) is 11.3. The normalized spacial score (nSPS) is 15.1. The molecule has 0 bridgehead atoms. The largest absolute Gasteiger partial charge is 0.384 e. The van der Waals surface area contributed by atoms with Crippen LogP contribution in [0.5, 0.6) is 0 Å². The second-order valence-electron chi connectivity index (χ2n) is 9.12. The van der Waals surface area contributed by atoms with Crippen LogP contribution in [0, 0.1) is 5.92 Å². The fourth-order valence-corrected chi connectivity index (χ4v) is 4.26. The summed E-state index contributed by atoms with van der Waals surface area (Å²) in [7, 11) is 0. The molecule has 0 radical (unpaired) electrons. The van der Waals surface area contributed by atoms with Crippen molar-refractivity contribution in [1.29, 1.82) is 0 Å². The maximum absolute atomic E-state index is 12.9. The van der Waals surface area contributed by atoms with E-state index in [1.807, 2.05) is 35.2 Å². The van der Waals surface area contributed by atoms with Gasteiger partial charge in [-0.05, 0) is 68.5 Å². The summed E-state index contributed by atoms with van der Waals surface area (Å²) in [6.07, 6.45) is 7.30. The summed E-state index contributed by atoms with van der Waals surface area (Å²) >= 11 is 6.61. The van der Waals surface area contributed by atoms with E-state index in [0.717, 1.165) is 48.2 Å². The third-order valence-corrected chi connectivity index (χ3v) is 6.37. The van der Waals surface area contributed by atoms with Gasteiger partial charge in [-0.1, -0.05) is 24.6 Å². The van der Waals surface area contributed by atoms with Gasteiger partial charge in [0.05, 0.1) is 5.69 Å². The first kappa shape index (κ1) is 22.4. The van der Waals surface area contributed by atoms with Crippen molar-refractivity contribution in [3.63, 3.8) is 0 Å². The lowest BCUT2D eigenvalue weighted by Gasteiger charge is -2.30. The van der Waals surface area contributed by atoms with Gasteiger partial charge in [0.25, 0.3) is 5.91 Å². The summed E-state index contributed by atoms with van der Waals surface area (Å²) in [5.74, 6) is 0.706. The van der Waals surface area contributed by atoms with Crippen LogP contribution in [0.1, 0.15) is 49.7 Å². The van der Waals surface area contributed by atoms with E-state index in [9.17, 15) is 9.90 Å². The van der Waals surface area contributed by atoms with E-state index in [1.165, 1.54) is 0 Å². The molecule has 0 saturated carbocycles. The van der Waals surface area contributed by atoms with Crippen LogP contribution in [0.25, 0.3) is 22.3 Å². The summed E-state index contributed by atoms with van der Waals surface area (Å²) in [5.41, 5.74) is 3.66. The number of hydrogen-bond donors (Lipinski definition) is 1. The van der Waals surface area contributed by atoms with E-state index in [0.29, 0.717) is 22.2 Å². The van der Waals surface area contributed by atoms with Crippen molar-refractivity contribution in [3.05, 3.63) is 71.3 Å². The summed E-state index contributed by atoms with van der Waals surface area (Å²) in [6.45, 7) is 7.24. The Kier molecular flexibility index (Phi) is 6.31. The fourth-order valence-electron chi connectivity index (χ4n) is 3.97. The number of rotatable bonds is 4. The molecule has 32 heavy (non-hydrogen) atoms. The van der Waals surface area contributed by atoms with Gasteiger partial charge in [0.15, 0.2) is 0 Å². The van der Waals surface area contributed by atoms with Gasteiger partial charge in [-0.3, -0.25) is 14.8 Å². The zero-order valence-corrected chi connectivity index (χ0v) is 19.4. The Balaban J connectivity index is 1.60. The topological polar surface area (TPSA) is 66.3 Å². The molecule has 4 rings (SSSR count). The number of halogens is 1. The standard InChI is InChI=1S/C26H28ClN3O2/c1-17-7-10-30(11-8-17)25(31)19-4-5-22(23(27)13-19)21-12-20(15-28-16-21)18-6-9-29-24(14-18)26(2,3)32/h4-6,9,12-17,32H,7-8,10-11H2,1-3H3. The van der Waals surface area contributed by atoms with Gasteiger partial charge in [0.2, 0.25) is 0 Å². The maximum atomic E-state index is 12.9. The van der Waals surface area contributed by atoms with Crippen molar-refractivity contribution in [2.24, 2.45) is 5.92 Å². The molecule has 1 fully saturated rings. The third kappa shape index (κ3) is 4.84. The van der Waals surface area contributed by atoms with Crippen LogP contribution in [0.15, 0.2) is 55.0 Å². The highest BCUT2D eigenvalue weighted by Crippen LogP contribution is 2.32. The maximum Gasteiger partial charge on any atom is 0.253 e. The van der Waals surface area contributed by atoms with Crippen molar-refractivity contribution >= 4 is 17.5 Å². The van der Waals surface area contributed by atoms with Crippen LogP contribution >= 0.6 is 11.6 Å². The van der Waals surface area contributed by atoms with Gasteiger partial charge in [-0.2, -0.15) is 0 Å². The van der Waals surface area contributed by atoms with Crippen LogP contribution in [0.4, 0.5) is 0 Å². The molecule has 3 heterocycles. The number of pyridine rings is 2. The van der Waals surface area contributed by atoms with E-state index < -0.39 is 5.60 Å². The minimum absolute atomic E-state index is 0.0353. The number of aromatic nitrogens is 2.